The molecule has 0 N–H and O–H groups in total. The van der Waals surface area contributed by atoms with Crippen molar-refractivity contribution >= 4 is 33.0 Å². The first-order valence-electron chi connectivity index (χ1n) is 8.50. The summed E-state index contributed by atoms with van der Waals surface area (Å²) in [7, 11) is 0. The van der Waals surface area contributed by atoms with E-state index in [2.05, 4.69) is 19.1 Å². The molecule has 0 spiro atoms. The van der Waals surface area contributed by atoms with Crippen molar-refractivity contribution in [3.8, 4) is 11.1 Å². The van der Waals surface area contributed by atoms with E-state index in [1.807, 2.05) is 30.3 Å². The second-order valence-corrected chi connectivity index (χ2v) is 8.14. The molecule has 0 amide bonds. The van der Waals surface area contributed by atoms with Crippen LogP contribution in [-0.2, 0) is 12.8 Å². The number of rotatable bonds is 2. The number of halogens is 1. The van der Waals surface area contributed by atoms with Gasteiger partial charge in [0.1, 0.15) is 0 Å². The first-order chi connectivity index (χ1) is 11.7. The fraction of sp³-hybridized carbons (Fsp3) is 0.286. The zero-order valence-electron chi connectivity index (χ0n) is 13.6. The molecule has 0 fully saturated rings. The second kappa shape index (κ2) is 6.34. The quantitative estimate of drug-likeness (QED) is 0.543. The highest BCUT2D eigenvalue weighted by Gasteiger charge is 2.21. The molecule has 1 atom stereocenters. The molecule has 0 saturated carbocycles. The molecule has 3 aromatic rings. The van der Waals surface area contributed by atoms with E-state index in [1.54, 1.807) is 11.3 Å². The summed E-state index contributed by atoms with van der Waals surface area (Å²) in [5.74, 6) is 0.724. The van der Waals surface area contributed by atoms with Crippen LogP contribution in [0.4, 0.5) is 0 Å². The van der Waals surface area contributed by atoms with Crippen LogP contribution in [0.2, 0.25) is 5.02 Å². The number of hydrogen-bond acceptors (Lipinski definition) is 2. The van der Waals surface area contributed by atoms with Gasteiger partial charge in [0.25, 0.3) is 0 Å². The molecule has 1 aromatic heterocycles. The Hall–Kier alpha value is -1.64. The van der Waals surface area contributed by atoms with Crippen LogP contribution in [0.25, 0.3) is 21.2 Å². The molecule has 0 radical (unpaired) electrons. The van der Waals surface area contributed by atoms with Crippen LogP contribution in [-0.4, -0.2) is 0 Å². The van der Waals surface area contributed by atoms with E-state index in [9.17, 15) is 4.79 Å². The Morgan fingerprint density at radius 3 is 2.79 bits per heavy atom. The summed E-state index contributed by atoms with van der Waals surface area (Å²) in [6.45, 7) is 2.25. The van der Waals surface area contributed by atoms with Crippen LogP contribution in [0.5, 0.6) is 0 Å². The maximum Gasteiger partial charge on any atom is 0.191 e. The molecular formula is C21H19ClOS. The zero-order valence-corrected chi connectivity index (χ0v) is 15.2. The molecule has 122 valence electrons. The van der Waals surface area contributed by atoms with Crippen LogP contribution in [0, 0.1) is 5.92 Å². The van der Waals surface area contributed by atoms with E-state index in [0.717, 1.165) is 57.0 Å². The number of hydrogen-bond donors (Lipinski definition) is 0. The Kier molecular flexibility index (Phi) is 4.19. The second-order valence-electron chi connectivity index (χ2n) is 6.57. The van der Waals surface area contributed by atoms with Gasteiger partial charge in [0, 0.05) is 25.5 Å². The highest BCUT2D eigenvalue weighted by molar-refractivity contribution is 7.18. The van der Waals surface area contributed by atoms with Gasteiger partial charge < -0.3 is 0 Å². The molecule has 1 aliphatic rings. The van der Waals surface area contributed by atoms with E-state index in [4.69, 9.17) is 11.6 Å². The third-order valence-corrected chi connectivity index (χ3v) is 6.53. The molecule has 1 aliphatic carbocycles. The van der Waals surface area contributed by atoms with Gasteiger partial charge in [-0.1, -0.05) is 43.1 Å². The van der Waals surface area contributed by atoms with Gasteiger partial charge >= 0.3 is 0 Å². The van der Waals surface area contributed by atoms with Crippen molar-refractivity contribution in [2.75, 3.05) is 0 Å². The Labute approximate surface area is 150 Å². The van der Waals surface area contributed by atoms with Gasteiger partial charge in [-0.2, -0.15) is 0 Å². The maximum atomic E-state index is 12.9. The first kappa shape index (κ1) is 15.9. The smallest absolute Gasteiger partial charge is 0.191 e. The van der Waals surface area contributed by atoms with Crippen molar-refractivity contribution in [3.63, 3.8) is 0 Å². The number of fused-ring (bicyclic) bond motifs is 2. The summed E-state index contributed by atoms with van der Waals surface area (Å²) in [5, 5.41) is 1.59. The van der Waals surface area contributed by atoms with Crippen molar-refractivity contribution in [2.45, 2.75) is 32.6 Å². The molecule has 0 bridgehead atoms. The summed E-state index contributed by atoms with van der Waals surface area (Å²) in [5.41, 5.74) is 3.51. The minimum atomic E-state index is 0.242. The Morgan fingerprint density at radius 1 is 1.17 bits per heavy atom. The maximum absolute atomic E-state index is 12.9. The average molecular weight is 355 g/mol. The molecule has 3 heteroatoms. The molecule has 0 aliphatic heterocycles. The predicted octanol–water partition coefficient (Wildman–Crippen LogP) is 6.10. The van der Waals surface area contributed by atoms with Crippen LogP contribution in [0.15, 0.2) is 47.3 Å². The van der Waals surface area contributed by atoms with Crippen LogP contribution >= 0.6 is 22.9 Å². The van der Waals surface area contributed by atoms with Crippen molar-refractivity contribution in [1.82, 2.24) is 0 Å². The van der Waals surface area contributed by atoms with Crippen LogP contribution in [0.3, 0.4) is 0 Å². The first-order valence-corrected chi connectivity index (χ1v) is 9.69. The minimum Gasteiger partial charge on any atom is -0.289 e. The Balaban J connectivity index is 1.87. The molecule has 1 heterocycles. The van der Waals surface area contributed by atoms with Crippen LogP contribution in [0.1, 0.15) is 30.2 Å². The van der Waals surface area contributed by atoms with E-state index >= 15 is 0 Å². The molecule has 1 unspecified atom stereocenters. The van der Waals surface area contributed by atoms with Gasteiger partial charge in [0.15, 0.2) is 5.43 Å². The lowest BCUT2D eigenvalue weighted by Gasteiger charge is -2.22. The van der Waals surface area contributed by atoms with Crippen molar-refractivity contribution < 1.29 is 0 Å². The normalized spacial score (nSPS) is 17.0. The van der Waals surface area contributed by atoms with Crippen molar-refractivity contribution in [3.05, 3.63) is 68.2 Å². The Bertz CT molecular complexity index is 973. The highest BCUT2D eigenvalue weighted by Crippen LogP contribution is 2.34. The van der Waals surface area contributed by atoms with E-state index in [-0.39, 0.29) is 5.43 Å². The zero-order chi connectivity index (χ0) is 16.7. The van der Waals surface area contributed by atoms with Crippen LogP contribution < -0.4 is 5.43 Å². The highest BCUT2D eigenvalue weighted by atomic mass is 35.5. The van der Waals surface area contributed by atoms with Gasteiger partial charge in [-0.15, -0.1) is 11.3 Å². The fourth-order valence-electron chi connectivity index (χ4n) is 3.60. The summed E-state index contributed by atoms with van der Waals surface area (Å²) >= 11 is 7.92. The molecule has 4 rings (SSSR count). The standard InChI is InChI=1S/C21H19ClOS/c1-2-13-6-8-17-19(10-13)24-20-12-15(7-9-18(20)21(17)23)14-4-3-5-16(22)11-14/h3-5,7,9,11-13H,2,6,8,10H2,1H3. The predicted molar refractivity (Wildman–Crippen MR) is 104 cm³/mol. The lowest BCUT2D eigenvalue weighted by molar-refractivity contribution is 0.448. The van der Waals surface area contributed by atoms with Gasteiger partial charge in [0.2, 0.25) is 0 Å². The third-order valence-electron chi connectivity index (χ3n) is 5.08. The lowest BCUT2D eigenvalue weighted by Crippen LogP contribution is -2.20. The molecular weight excluding hydrogens is 336 g/mol. The van der Waals surface area contributed by atoms with Gasteiger partial charge in [-0.25, -0.2) is 0 Å². The molecule has 2 aromatic carbocycles. The summed E-state index contributed by atoms with van der Waals surface area (Å²) in [6, 6.07) is 14.0. The van der Waals surface area contributed by atoms with Crippen molar-refractivity contribution in [1.29, 1.82) is 0 Å². The summed E-state index contributed by atoms with van der Waals surface area (Å²) in [4.78, 5) is 14.2. The molecule has 1 nitrogen and oxygen atoms in total. The average Bonchev–Trinajstić information content (AvgIpc) is 2.61. The molecule has 0 saturated heterocycles. The topological polar surface area (TPSA) is 17.1 Å². The Morgan fingerprint density at radius 2 is 2.00 bits per heavy atom. The minimum absolute atomic E-state index is 0.242. The molecule has 24 heavy (non-hydrogen) atoms. The fourth-order valence-corrected chi connectivity index (χ4v) is 5.15. The SMILES string of the molecule is CCC1CCc2c(sc3cc(-c4cccc(Cl)c4)ccc3c2=O)C1. The lowest BCUT2D eigenvalue weighted by atomic mass is 9.86. The monoisotopic (exact) mass is 354 g/mol. The van der Waals surface area contributed by atoms with Gasteiger partial charge in [0.05, 0.1) is 0 Å². The summed E-state index contributed by atoms with van der Waals surface area (Å²) in [6.07, 6.45) is 4.34. The van der Waals surface area contributed by atoms with E-state index < -0.39 is 0 Å². The van der Waals surface area contributed by atoms with Crippen molar-refractivity contribution in [2.24, 2.45) is 5.92 Å². The number of benzene rings is 2. The van der Waals surface area contributed by atoms with E-state index in [0.29, 0.717) is 0 Å². The largest absolute Gasteiger partial charge is 0.289 e. The summed E-state index contributed by atoms with van der Waals surface area (Å²) < 4.78 is 1.09. The van der Waals surface area contributed by atoms with Gasteiger partial charge in [-0.05, 0) is 60.6 Å². The van der Waals surface area contributed by atoms with E-state index in [1.165, 1.54) is 11.3 Å². The van der Waals surface area contributed by atoms with Gasteiger partial charge in [-0.3, -0.25) is 4.79 Å². The third kappa shape index (κ3) is 2.78.